The number of rotatable bonds is 7. The van der Waals surface area contributed by atoms with Crippen LogP contribution >= 0.6 is 0 Å². The maximum atomic E-state index is 12.2. The van der Waals surface area contributed by atoms with E-state index in [4.69, 9.17) is 9.15 Å². The van der Waals surface area contributed by atoms with Crippen molar-refractivity contribution in [1.82, 2.24) is 10.3 Å². The van der Waals surface area contributed by atoms with Crippen molar-refractivity contribution in [2.75, 3.05) is 6.54 Å². The minimum Gasteiger partial charge on any atom is -0.491 e. The third-order valence-electron chi connectivity index (χ3n) is 3.43. The number of aliphatic hydroxyl groups excluding tert-OH is 1. The average Bonchev–Trinajstić information content (AvgIpc) is 3.02. The van der Waals surface area contributed by atoms with E-state index in [1.165, 1.54) is 6.39 Å². The van der Waals surface area contributed by atoms with Crippen LogP contribution in [0, 0.1) is 0 Å². The Kier molecular flexibility index (Phi) is 5.98. The molecule has 2 N–H and O–H groups in total. The fourth-order valence-corrected chi connectivity index (χ4v) is 2.27. The van der Waals surface area contributed by atoms with Crippen molar-refractivity contribution in [3.63, 3.8) is 0 Å². The molecule has 0 bridgehead atoms. The van der Waals surface area contributed by atoms with Gasteiger partial charge in [0.25, 0.3) is 5.91 Å². The highest BCUT2D eigenvalue weighted by atomic mass is 16.5. The summed E-state index contributed by atoms with van der Waals surface area (Å²) in [4.78, 5) is 16.1. The highest BCUT2D eigenvalue weighted by Gasteiger charge is 2.20. The van der Waals surface area contributed by atoms with E-state index < -0.39 is 6.10 Å². The van der Waals surface area contributed by atoms with Gasteiger partial charge in [0, 0.05) is 12.5 Å². The van der Waals surface area contributed by atoms with Gasteiger partial charge in [0.05, 0.1) is 12.2 Å². The first-order valence-electron chi connectivity index (χ1n) is 8.04. The molecule has 0 radical (unpaired) electrons. The van der Waals surface area contributed by atoms with Gasteiger partial charge >= 0.3 is 0 Å². The normalized spacial score (nSPS) is 12.5. The summed E-state index contributed by atoms with van der Waals surface area (Å²) in [6.07, 6.45) is 0.544. The fourth-order valence-electron chi connectivity index (χ4n) is 2.27. The SMILES string of the molecule is CC(C)Oc1ccc([C@@H](O)CNC(=O)c2ncoc2C(C)C)cc1. The standard InChI is InChI=1S/C18H24N2O4/c1-11(2)17-16(20-10-23-17)18(22)19-9-15(21)13-5-7-14(8-6-13)24-12(3)4/h5-8,10-12,15,21H,9H2,1-4H3,(H,19,22)/t15-/m0/s1. The zero-order valence-corrected chi connectivity index (χ0v) is 14.4. The van der Waals surface area contributed by atoms with Gasteiger partial charge in [-0.05, 0) is 31.5 Å². The first-order chi connectivity index (χ1) is 11.4. The van der Waals surface area contributed by atoms with Gasteiger partial charge in [-0.25, -0.2) is 4.98 Å². The molecule has 6 nitrogen and oxygen atoms in total. The van der Waals surface area contributed by atoms with Gasteiger partial charge in [0.2, 0.25) is 0 Å². The van der Waals surface area contributed by atoms with Crippen LogP contribution in [0.1, 0.15) is 61.5 Å². The lowest BCUT2D eigenvalue weighted by Crippen LogP contribution is -2.29. The Labute approximate surface area is 141 Å². The van der Waals surface area contributed by atoms with Gasteiger partial charge in [-0.1, -0.05) is 26.0 Å². The Morgan fingerprint density at radius 3 is 2.50 bits per heavy atom. The van der Waals surface area contributed by atoms with Crippen LogP contribution < -0.4 is 10.1 Å². The highest BCUT2D eigenvalue weighted by molar-refractivity contribution is 5.93. The van der Waals surface area contributed by atoms with Crippen LogP contribution in [0.5, 0.6) is 5.75 Å². The molecule has 6 heteroatoms. The average molecular weight is 332 g/mol. The molecule has 2 aromatic rings. The monoisotopic (exact) mass is 332 g/mol. The van der Waals surface area contributed by atoms with Crippen LogP contribution in [0.2, 0.25) is 0 Å². The Morgan fingerprint density at radius 2 is 1.92 bits per heavy atom. The Bertz CT molecular complexity index is 662. The predicted octanol–water partition coefficient (Wildman–Crippen LogP) is 3.05. The van der Waals surface area contributed by atoms with E-state index in [2.05, 4.69) is 10.3 Å². The van der Waals surface area contributed by atoms with Crippen LogP contribution in [-0.2, 0) is 0 Å². The summed E-state index contributed by atoms with van der Waals surface area (Å²) in [6, 6.07) is 7.16. The van der Waals surface area contributed by atoms with Crippen molar-refractivity contribution in [1.29, 1.82) is 0 Å². The largest absolute Gasteiger partial charge is 0.491 e. The molecule has 1 heterocycles. The molecule has 0 unspecified atom stereocenters. The lowest BCUT2D eigenvalue weighted by Gasteiger charge is -2.14. The second-order valence-corrected chi connectivity index (χ2v) is 6.18. The first-order valence-corrected chi connectivity index (χ1v) is 8.04. The lowest BCUT2D eigenvalue weighted by atomic mass is 10.1. The molecule has 1 aromatic heterocycles. The molecule has 1 atom stereocenters. The molecule has 0 spiro atoms. The molecular formula is C18H24N2O4. The summed E-state index contributed by atoms with van der Waals surface area (Å²) in [5, 5.41) is 12.9. The summed E-state index contributed by atoms with van der Waals surface area (Å²) in [5.41, 5.74) is 0.966. The quantitative estimate of drug-likeness (QED) is 0.814. The molecule has 130 valence electrons. The van der Waals surface area contributed by atoms with Gasteiger partial charge < -0.3 is 19.6 Å². The number of amides is 1. The van der Waals surface area contributed by atoms with Crippen LogP contribution in [0.4, 0.5) is 0 Å². The number of benzene rings is 1. The number of carbonyl (C=O) groups is 1. The minimum atomic E-state index is -0.809. The van der Waals surface area contributed by atoms with Crippen molar-refractivity contribution < 1.29 is 19.1 Å². The number of ether oxygens (including phenoxy) is 1. The smallest absolute Gasteiger partial charge is 0.273 e. The predicted molar refractivity (Wildman–Crippen MR) is 90.1 cm³/mol. The van der Waals surface area contributed by atoms with Crippen LogP contribution in [0.25, 0.3) is 0 Å². The second-order valence-electron chi connectivity index (χ2n) is 6.18. The van der Waals surface area contributed by atoms with Gasteiger partial charge in [-0.15, -0.1) is 0 Å². The topological polar surface area (TPSA) is 84.6 Å². The van der Waals surface area contributed by atoms with Crippen molar-refractivity contribution in [2.24, 2.45) is 0 Å². The van der Waals surface area contributed by atoms with E-state index in [9.17, 15) is 9.90 Å². The number of nitrogens with zero attached hydrogens (tertiary/aromatic N) is 1. The molecule has 0 aliphatic rings. The molecule has 0 aliphatic carbocycles. The summed E-state index contributed by atoms with van der Waals surface area (Å²) in [6.45, 7) is 7.84. The Morgan fingerprint density at radius 1 is 1.25 bits per heavy atom. The molecule has 0 aliphatic heterocycles. The molecule has 0 saturated heterocycles. The van der Waals surface area contributed by atoms with Crippen molar-refractivity contribution in [3.05, 3.63) is 47.7 Å². The van der Waals surface area contributed by atoms with E-state index in [0.29, 0.717) is 11.3 Å². The van der Waals surface area contributed by atoms with Gasteiger partial charge in [-0.2, -0.15) is 0 Å². The molecule has 0 saturated carbocycles. The molecule has 1 amide bonds. The lowest BCUT2D eigenvalue weighted by molar-refractivity contribution is 0.0909. The van der Waals surface area contributed by atoms with E-state index in [1.54, 1.807) is 24.3 Å². The number of aliphatic hydroxyl groups is 1. The molecular weight excluding hydrogens is 308 g/mol. The van der Waals surface area contributed by atoms with Crippen LogP contribution in [0.15, 0.2) is 35.1 Å². The second kappa shape index (κ2) is 7.97. The maximum Gasteiger partial charge on any atom is 0.273 e. The van der Waals surface area contributed by atoms with Crippen LogP contribution in [0.3, 0.4) is 0 Å². The molecule has 0 fully saturated rings. The number of hydrogen-bond donors (Lipinski definition) is 2. The van der Waals surface area contributed by atoms with E-state index in [0.717, 1.165) is 5.75 Å². The number of oxazole rings is 1. The van der Waals surface area contributed by atoms with E-state index >= 15 is 0 Å². The maximum absolute atomic E-state index is 12.2. The van der Waals surface area contributed by atoms with Crippen LogP contribution in [-0.4, -0.2) is 28.6 Å². The first kappa shape index (κ1) is 18.0. The summed E-state index contributed by atoms with van der Waals surface area (Å²) >= 11 is 0. The summed E-state index contributed by atoms with van der Waals surface area (Å²) in [5.74, 6) is 0.990. The van der Waals surface area contributed by atoms with Crippen molar-refractivity contribution in [3.8, 4) is 5.75 Å². The van der Waals surface area contributed by atoms with E-state index in [-0.39, 0.29) is 30.2 Å². The number of nitrogens with one attached hydrogen (secondary N) is 1. The molecule has 24 heavy (non-hydrogen) atoms. The Balaban J connectivity index is 1.93. The van der Waals surface area contributed by atoms with Gasteiger partial charge in [-0.3, -0.25) is 4.79 Å². The highest BCUT2D eigenvalue weighted by Crippen LogP contribution is 2.20. The summed E-state index contributed by atoms with van der Waals surface area (Å²) in [7, 11) is 0. The van der Waals surface area contributed by atoms with Gasteiger partial charge in [0.1, 0.15) is 11.5 Å². The molecule has 1 aromatic carbocycles. The zero-order chi connectivity index (χ0) is 17.7. The third kappa shape index (κ3) is 4.58. The number of carbonyl (C=O) groups excluding carboxylic acids is 1. The zero-order valence-electron chi connectivity index (χ0n) is 14.4. The van der Waals surface area contributed by atoms with Crippen molar-refractivity contribution >= 4 is 5.91 Å². The van der Waals surface area contributed by atoms with Crippen molar-refractivity contribution in [2.45, 2.75) is 45.8 Å². The Hall–Kier alpha value is -2.34. The molecule has 2 rings (SSSR count). The number of hydrogen-bond acceptors (Lipinski definition) is 5. The third-order valence-corrected chi connectivity index (χ3v) is 3.43. The van der Waals surface area contributed by atoms with E-state index in [1.807, 2.05) is 27.7 Å². The minimum absolute atomic E-state index is 0.0617. The summed E-state index contributed by atoms with van der Waals surface area (Å²) < 4.78 is 10.8. The number of aromatic nitrogens is 1. The van der Waals surface area contributed by atoms with Gasteiger partial charge in [0.15, 0.2) is 12.1 Å². The fraction of sp³-hybridized carbons (Fsp3) is 0.444.